The maximum absolute atomic E-state index is 13.2. The molecule has 1 atom stereocenters. The van der Waals surface area contributed by atoms with Crippen LogP contribution in [0.5, 0.6) is 0 Å². The number of carbonyl (C=O) groups is 2. The number of aliphatic hydroxyl groups is 1. The van der Waals surface area contributed by atoms with Crippen LogP contribution in [0.1, 0.15) is 29.6 Å². The van der Waals surface area contributed by atoms with Crippen LogP contribution in [0, 0.1) is 5.41 Å². The third-order valence-electron chi connectivity index (χ3n) is 6.74. The van der Waals surface area contributed by atoms with Gasteiger partial charge in [0.15, 0.2) is 11.5 Å². The molecule has 1 spiro atoms. The minimum absolute atomic E-state index is 0.0690. The van der Waals surface area contributed by atoms with E-state index in [0.29, 0.717) is 55.9 Å². The number of aliphatic hydroxyl groups excluding tert-OH is 1. The van der Waals surface area contributed by atoms with Gasteiger partial charge in [0.25, 0.3) is 5.91 Å². The highest BCUT2D eigenvalue weighted by Crippen LogP contribution is 2.40. The number of hydrogen-bond donors (Lipinski definition) is 1. The highest BCUT2D eigenvalue weighted by molar-refractivity contribution is 5.94. The second-order valence-corrected chi connectivity index (χ2v) is 8.79. The van der Waals surface area contributed by atoms with Crippen molar-refractivity contribution in [1.82, 2.24) is 29.0 Å². The number of carbonyl (C=O) groups excluding carboxylic acids is 2. The Labute approximate surface area is 179 Å². The van der Waals surface area contributed by atoms with Crippen LogP contribution in [0.2, 0.25) is 0 Å². The lowest BCUT2D eigenvalue weighted by Crippen LogP contribution is -2.56. The van der Waals surface area contributed by atoms with Crippen molar-refractivity contribution >= 4 is 17.5 Å². The molecule has 2 amide bonds. The molecule has 1 N–H and O–H groups in total. The van der Waals surface area contributed by atoms with Crippen LogP contribution < -0.4 is 0 Å². The van der Waals surface area contributed by atoms with E-state index in [1.165, 1.54) is 0 Å². The quantitative estimate of drug-likeness (QED) is 0.669. The third kappa shape index (κ3) is 3.20. The number of likely N-dealkylation sites (tertiary alicyclic amines) is 2. The summed E-state index contributed by atoms with van der Waals surface area (Å²) in [5.74, 6) is 0.697. The summed E-state index contributed by atoms with van der Waals surface area (Å²) in [6.45, 7) is 1.37. The first-order valence-electron chi connectivity index (χ1n) is 10.6. The second-order valence-electron chi connectivity index (χ2n) is 8.79. The van der Waals surface area contributed by atoms with E-state index in [1.54, 1.807) is 35.2 Å². The van der Waals surface area contributed by atoms with Gasteiger partial charge in [0.05, 0.1) is 22.8 Å². The van der Waals surface area contributed by atoms with Gasteiger partial charge >= 0.3 is 0 Å². The number of likely N-dealkylation sites (N-methyl/N-ethyl adjacent to an activating group) is 1. The Morgan fingerprint density at radius 2 is 1.94 bits per heavy atom. The first-order chi connectivity index (χ1) is 14.9. The first-order valence-corrected chi connectivity index (χ1v) is 10.6. The number of piperidine rings is 2. The zero-order valence-corrected chi connectivity index (χ0v) is 17.7. The Hall–Kier alpha value is -3.20. The zero-order valence-electron chi connectivity index (χ0n) is 17.7. The van der Waals surface area contributed by atoms with E-state index in [9.17, 15) is 14.7 Å². The summed E-state index contributed by atoms with van der Waals surface area (Å²) in [4.78, 5) is 29.4. The maximum atomic E-state index is 13.2. The lowest BCUT2D eigenvalue weighted by molar-refractivity contribution is -0.154. The Morgan fingerprint density at radius 1 is 1.16 bits per heavy atom. The van der Waals surface area contributed by atoms with Gasteiger partial charge in [-0.3, -0.25) is 14.0 Å². The molecule has 2 aliphatic rings. The number of nitrogens with zero attached hydrogens (tertiary/aromatic N) is 6. The monoisotopic (exact) mass is 422 g/mol. The SMILES string of the molecule is CN1CC(O)CC2(CCN(C(=O)c3ccc4nnc(-c5cccn5C)n4c3)CC2)C1=O. The van der Waals surface area contributed by atoms with Crippen LogP contribution >= 0.6 is 0 Å². The number of pyridine rings is 1. The first kappa shape index (κ1) is 19.7. The molecule has 0 radical (unpaired) electrons. The molecule has 0 saturated carbocycles. The molecule has 3 aromatic rings. The van der Waals surface area contributed by atoms with E-state index in [2.05, 4.69) is 10.2 Å². The Bertz CT molecular complexity index is 1160. The minimum atomic E-state index is -0.554. The Kier molecular flexibility index (Phi) is 4.58. The van der Waals surface area contributed by atoms with Crippen molar-refractivity contribution in [2.24, 2.45) is 12.5 Å². The normalized spacial score (nSPS) is 21.3. The van der Waals surface area contributed by atoms with Crippen molar-refractivity contribution in [3.63, 3.8) is 0 Å². The summed E-state index contributed by atoms with van der Waals surface area (Å²) in [6.07, 6.45) is 4.84. The van der Waals surface area contributed by atoms with Gasteiger partial charge in [0, 0.05) is 46.1 Å². The molecule has 0 aromatic carbocycles. The van der Waals surface area contributed by atoms with Gasteiger partial charge in [0.2, 0.25) is 5.91 Å². The smallest absolute Gasteiger partial charge is 0.255 e. The van der Waals surface area contributed by atoms with Crippen LogP contribution in [0.25, 0.3) is 17.2 Å². The number of fused-ring (bicyclic) bond motifs is 1. The lowest BCUT2D eigenvalue weighted by Gasteiger charge is -2.46. The molecule has 1 unspecified atom stereocenters. The number of rotatable bonds is 2. The van der Waals surface area contributed by atoms with E-state index in [1.807, 2.05) is 34.3 Å². The Morgan fingerprint density at radius 3 is 2.65 bits per heavy atom. The largest absolute Gasteiger partial charge is 0.391 e. The van der Waals surface area contributed by atoms with Crippen molar-refractivity contribution in [2.75, 3.05) is 26.7 Å². The van der Waals surface area contributed by atoms with Crippen LogP contribution in [0.3, 0.4) is 0 Å². The summed E-state index contributed by atoms with van der Waals surface area (Å²) in [6, 6.07) is 7.47. The average Bonchev–Trinajstić information content (AvgIpc) is 3.37. The van der Waals surface area contributed by atoms with E-state index in [4.69, 9.17) is 0 Å². The van der Waals surface area contributed by atoms with Crippen molar-refractivity contribution in [3.8, 4) is 11.5 Å². The van der Waals surface area contributed by atoms with Gasteiger partial charge in [0.1, 0.15) is 0 Å². The predicted octanol–water partition coefficient (Wildman–Crippen LogP) is 1.18. The van der Waals surface area contributed by atoms with Crippen LogP contribution in [-0.2, 0) is 11.8 Å². The van der Waals surface area contributed by atoms with Crippen molar-refractivity contribution in [1.29, 1.82) is 0 Å². The number of aryl methyl sites for hydroxylation is 1. The molecule has 5 rings (SSSR count). The van der Waals surface area contributed by atoms with Crippen LogP contribution in [0.15, 0.2) is 36.7 Å². The molecule has 162 valence electrons. The summed E-state index contributed by atoms with van der Waals surface area (Å²) in [5, 5.41) is 18.7. The van der Waals surface area contributed by atoms with Crippen LogP contribution in [0.4, 0.5) is 0 Å². The topological polar surface area (TPSA) is 96.0 Å². The fraction of sp³-hybridized carbons (Fsp3) is 0.455. The van der Waals surface area contributed by atoms with E-state index in [0.717, 1.165) is 5.69 Å². The van der Waals surface area contributed by atoms with Crippen LogP contribution in [-0.4, -0.2) is 78.7 Å². The molecule has 3 aromatic heterocycles. The number of hydrogen-bond acceptors (Lipinski definition) is 5. The number of aromatic nitrogens is 4. The second kappa shape index (κ2) is 7.19. The summed E-state index contributed by atoms with van der Waals surface area (Å²) in [5.41, 5.74) is 1.60. The fourth-order valence-electron chi connectivity index (χ4n) is 5.03. The summed E-state index contributed by atoms with van der Waals surface area (Å²) in [7, 11) is 3.68. The van der Waals surface area contributed by atoms with E-state index < -0.39 is 11.5 Å². The molecule has 2 aliphatic heterocycles. The molecule has 9 nitrogen and oxygen atoms in total. The highest BCUT2D eigenvalue weighted by Gasteiger charge is 2.48. The molecule has 9 heteroatoms. The number of β-amino-alcohol motifs (C(OH)–C–C–N with tert-alkyl or cyclic N) is 1. The summed E-state index contributed by atoms with van der Waals surface area (Å²) >= 11 is 0. The van der Waals surface area contributed by atoms with Gasteiger partial charge in [-0.2, -0.15) is 0 Å². The molecular weight excluding hydrogens is 396 g/mol. The summed E-state index contributed by atoms with van der Waals surface area (Å²) < 4.78 is 3.80. The molecule has 5 heterocycles. The molecular formula is C22H26N6O3. The molecule has 2 saturated heterocycles. The lowest BCUT2D eigenvalue weighted by atomic mass is 9.71. The molecule has 0 bridgehead atoms. The molecule has 2 fully saturated rings. The van der Waals surface area contributed by atoms with Crippen molar-refractivity contribution in [3.05, 3.63) is 42.2 Å². The molecule has 31 heavy (non-hydrogen) atoms. The minimum Gasteiger partial charge on any atom is -0.391 e. The highest BCUT2D eigenvalue weighted by atomic mass is 16.3. The Balaban J connectivity index is 1.38. The van der Waals surface area contributed by atoms with Gasteiger partial charge in [-0.25, -0.2) is 0 Å². The van der Waals surface area contributed by atoms with Gasteiger partial charge in [-0.1, -0.05) is 0 Å². The van der Waals surface area contributed by atoms with Gasteiger partial charge < -0.3 is 19.5 Å². The maximum Gasteiger partial charge on any atom is 0.255 e. The van der Waals surface area contributed by atoms with E-state index >= 15 is 0 Å². The predicted molar refractivity (Wildman–Crippen MR) is 113 cm³/mol. The van der Waals surface area contributed by atoms with Gasteiger partial charge in [-0.05, 0) is 43.5 Å². The number of amides is 2. The molecule has 0 aliphatic carbocycles. The zero-order chi connectivity index (χ0) is 21.8. The van der Waals surface area contributed by atoms with Gasteiger partial charge in [-0.15, -0.1) is 10.2 Å². The fourth-order valence-corrected chi connectivity index (χ4v) is 5.03. The van der Waals surface area contributed by atoms with E-state index in [-0.39, 0.29) is 11.8 Å². The average molecular weight is 422 g/mol. The third-order valence-corrected chi connectivity index (χ3v) is 6.74. The van der Waals surface area contributed by atoms with Crippen molar-refractivity contribution < 1.29 is 14.7 Å². The van der Waals surface area contributed by atoms with Crippen molar-refractivity contribution in [2.45, 2.75) is 25.4 Å². The standard InChI is InChI=1S/C22H26N6O3/c1-25-9-3-4-17(25)19-24-23-18-6-5-15(13-28(18)19)20(30)27-10-7-22(8-11-27)12-16(29)14-26(2)21(22)31/h3-6,9,13,16,29H,7-8,10-12,14H2,1-2H3.